The van der Waals surface area contributed by atoms with Gasteiger partial charge < -0.3 is 29.8 Å². The maximum absolute atomic E-state index is 13.7. The molecule has 3 saturated heterocycles. The largest absolute Gasteiger partial charge is 0.462 e. The van der Waals surface area contributed by atoms with Gasteiger partial charge >= 0.3 is 17.9 Å². The molecule has 3 N–H and O–H groups in total. The molecule has 3 fully saturated rings. The first-order valence-electron chi connectivity index (χ1n) is 15.8. The van der Waals surface area contributed by atoms with Gasteiger partial charge in [-0.25, -0.2) is 0 Å². The summed E-state index contributed by atoms with van der Waals surface area (Å²) in [4.78, 5) is 40.7. The van der Waals surface area contributed by atoms with E-state index in [1.165, 1.54) is 15.2 Å². The van der Waals surface area contributed by atoms with Crippen LogP contribution in [0.3, 0.4) is 0 Å². The van der Waals surface area contributed by atoms with Gasteiger partial charge in [0.25, 0.3) is 0 Å². The SMILES string of the molecule is CC1(C)CC(OC(=O)CC(C(=O)OC2CC(C)(C)N(O)C(C)(C)C2)C(=O)OC2CC(C)(C)N(O)C(C)(C)C2)CC(C)(C)N1O. The van der Waals surface area contributed by atoms with Crippen LogP contribution in [0.25, 0.3) is 0 Å². The van der Waals surface area contributed by atoms with Crippen LogP contribution in [0.4, 0.5) is 0 Å². The van der Waals surface area contributed by atoms with Gasteiger partial charge in [0.15, 0.2) is 5.92 Å². The van der Waals surface area contributed by atoms with Gasteiger partial charge in [-0.2, -0.15) is 15.2 Å². The predicted molar refractivity (Wildman–Crippen MR) is 161 cm³/mol. The molecule has 3 aliphatic rings. The number of hydroxylamine groups is 6. The molecule has 0 spiro atoms. The minimum atomic E-state index is -1.56. The van der Waals surface area contributed by atoms with Crippen molar-refractivity contribution in [3.05, 3.63) is 0 Å². The van der Waals surface area contributed by atoms with Crippen LogP contribution in [0, 0.1) is 5.92 Å². The first-order valence-corrected chi connectivity index (χ1v) is 15.8. The Bertz CT molecular complexity index is 991. The standard InChI is InChI=1S/C32H57N3O9/c1-27(2)14-20(15-28(3,4)33(27)39)42-24(36)13-23(25(37)43-21-16-29(5,6)34(40)30(7,8)17-21)26(38)44-22-18-31(9,10)35(41)32(11,12)19-22/h20-23,39-41H,13-19H2,1-12H3. The summed E-state index contributed by atoms with van der Waals surface area (Å²) >= 11 is 0. The number of carbonyl (C=O) groups is 3. The van der Waals surface area contributed by atoms with E-state index in [9.17, 15) is 30.0 Å². The van der Waals surface area contributed by atoms with E-state index in [4.69, 9.17) is 14.2 Å². The quantitative estimate of drug-likeness (QED) is 0.201. The van der Waals surface area contributed by atoms with Crippen molar-refractivity contribution >= 4 is 17.9 Å². The first kappa shape index (κ1) is 36.6. The molecule has 3 rings (SSSR count). The van der Waals surface area contributed by atoms with Gasteiger partial charge in [-0.15, -0.1) is 0 Å². The average molecular weight is 628 g/mol. The van der Waals surface area contributed by atoms with Gasteiger partial charge in [0.2, 0.25) is 0 Å². The number of esters is 3. The lowest BCUT2D eigenvalue weighted by Crippen LogP contribution is -2.61. The van der Waals surface area contributed by atoms with Crippen molar-refractivity contribution in [3.8, 4) is 0 Å². The Morgan fingerprint density at radius 3 is 1.00 bits per heavy atom. The molecule has 0 aliphatic carbocycles. The minimum Gasteiger partial charge on any atom is -0.462 e. The zero-order valence-corrected chi connectivity index (χ0v) is 28.9. The van der Waals surface area contributed by atoms with Crippen LogP contribution in [0.1, 0.15) is 128 Å². The number of hydrogen-bond donors (Lipinski definition) is 3. The first-order chi connectivity index (χ1) is 19.7. The van der Waals surface area contributed by atoms with Gasteiger partial charge in [0.05, 0.1) is 6.42 Å². The highest BCUT2D eigenvalue weighted by Gasteiger charge is 2.50. The number of piperidine rings is 3. The van der Waals surface area contributed by atoms with E-state index >= 15 is 0 Å². The molecule has 0 amide bonds. The second kappa shape index (κ2) is 12.1. The lowest BCUT2D eigenvalue weighted by molar-refractivity contribution is -0.262. The van der Waals surface area contributed by atoms with Crippen LogP contribution in [0.15, 0.2) is 0 Å². The molecule has 0 bridgehead atoms. The highest BCUT2D eigenvalue weighted by atomic mass is 16.6. The molecule has 0 aromatic heterocycles. The molecule has 12 heteroatoms. The van der Waals surface area contributed by atoms with E-state index in [1.54, 1.807) is 0 Å². The van der Waals surface area contributed by atoms with E-state index in [1.807, 2.05) is 83.1 Å². The molecule has 0 saturated carbocycles. The Kier molecular flexibility index (Phi) is 10.1. The number of nitrogens with zero attached hydrogens (tertiary/aromatic N) is 3. The van der Waals surface area contributed by atoms with Crippen molar-refractivity contribution in [2.45, 2.75) is 180 Å². The number of carbonyl (C=O) groups excluding carboxylic acids is 3. The summed E-state index contributed by atoms with van der Waals surface area (Å²) in [6.45, 7) is 22.2. The van der Waals surface area contributed by atoms with Crippen molar-refractivity contribution in [1.82, 2.24) is 15.2 Å². The van der Waals surface area contributed by atoms with E-state index < -0.39 is 81.8 Å². The fourth-order valence-corrected chi connectivity index (χ4v) is 7.94. The third-order valence-corrected chi connectivity index (χ3v) is 9.61. The zero-order valence-electron chi connectivity index (χ0n) is 28.9. The maximum Gasteiger partial charge on any atom is 0.321 e. The molecule has 254 valence electrons. The Labute approximate surface area is 262 Å². The van der Waals surface area contributed by atoms with Crippen LogP contribution in [-0.4, -0.2) is 100 Å². The Morgan fingerprint density at radius 2 is 0.750 bits per heavy atom. The molecule has 0 atom stereocenters. The summed E-state index contributed by atoms with van der Waals surface area (Å²) in [5.41, 5.74) is -4.11. The molecular formula is C32H57N3O9. The van der Waals surface area contributed by atoms with Crippen LogP contribution in [0.2, 0.25) is 0 Å². The number of rotatable bonds is 7. The number of ether oxygens (including phenoxy) is 3. The maximum atomic E-state index is 13.7. The van der Waals surface area contributed by atoms with E-state index in [0.29, 0.717) is 38.5 Å². The molecule has 0 aromatic carbocycles. The van der Waals surface area contributed by atoms with Crippen LogP contribution < -0.4 is 0 Å². The van der Waals surface area contributed by atoms with E-state index in [0.717, 1.165) is 0 Å². The molecule has 3 heterocycles. The van der Waals surface area contributed by atoms with Gasteiger partial charge in [-0.3, -0.25) is 14.4 Å². The summed E-state index contributed by atoms with van der Waals surface area (Å²) in [7, 11) is 0. The molecule has 12 nitrogen and oxygen atoms in total. The summed E-state index contributed by atoms with van der Waals surface area (Å²) < 4.78 is 17.6. The van der Waals surface area contributed by atoms with Crippen molar-refractivity contribution in [3.63, 3.8) is 0 Å². The topological polar surface area (TPSA) is 149 Å². The average Bonchev–Trinajstić information content (AvgIpc) is 2.81. The number of hydrogen-bond acceptors (Lipinski definition) is 12. The van der Waals surface area contributed by atoms with Crippen molar-refractivity contribution in [2.24, 2.45) is 5.92 Å². The highest BCUT2D eigenvalue weighted by molar-refractivity contribution is 5.98. The van der Waals surface area contributed by atoms with Gasteiger partial charge in [0, 0.05) is 71.8 Å². The lowest BCUT2D eigenvalue weighted by Gasteiger charge is -2.51. The Morgan fingerprint density at radius 1 is 0.523 bits per heavy atom. The molecule has 44 heavy (non-hydrogen) atoms. The molecule has 0 unspecified atom stereocenters. The van der Waals surface area contributed by atoms with Crippen LogP contribution in [-0.2, 0) is 28.6 Å². The lowest BCUT2D eigenvalue weighted by atomic mass is 9.80. The molecule has 0 radical (unpaired) electrons. The molecule has 3 aliphatic heterocycles. The Hall–Kier alpha value is -1.83. The summed E-state index contributed by atoms with van der Waals surface area (Å²) in [5.74, 6) is -4.04. The fraction of sp³-hybridized carbons (Fsp3) is 0.906. The smallest absolute Gasteiger partial charge is 0.321 e. The monoisotopic (exact) mass is 627 g/mol. The van der Waals surface area contributed by atoms with Crippen LogP contribution >= 0.6 is 0 Å². The molecule has 0 aromatic rings. The van der Waals surface area contributed by atoms with Crippen LogP contribution in [0.5, 0.6) is 0 Å². The van der Waals surface area contributed by atoms with E-state index in [2.05, 4.69) is 0 Å². The van der Waals surface area contributed by atoms with Gasteiger partial charge in [-0.1, -0.05) is 0 Å². The fourth-order valence-electron chi connectivity index (χ4n) is 7.94. The second-order valence-corrected chi connectivity index (χ2v) is 17.0. The van der Waals surface area contributed by atoms with E-state index in [-0.39, 0.29) is 0 Å². The van der Waals surface area contributed by atoms with Gasteiger partial charge in [-0.05, 0) is 83.1 Å². The minimum absolute atomic E-state index is 0.326. The van der Waals surface area contributed by atoms with Crippen molar-refractivity contribution < 1.29 is 44.2 Å². The third-order valence-electron chi connectivity index (χ3n) is 9.61. The van der Waals surface area contributed by atoms with Crippen molar-refractivity contribution in [1.29, 1.82) is 0 Å². The zero-order chi connectivity index (χ0) is 33.8. The summed E-state index contributed by atoms with van der Waals surface area (Å²) in [6.07, 6.45) is -0.264. The summed E-state index contributed by atoms with van der Waals surface area (Å²) in [5, 5.41) is 35.8. The second-order valence-electron chi connectivity index (χ2n) is 17.0. The van der Waals surface area contributed by atoms with Gasteiger partial charge in [0.1, 0.15) is 18.3 Å². The predicted octanol–water partition coefficient (Wildman–Crippen LogP) is 4.85. The normalized spacial score (nSPS) is 27.5. The third kappa shape index (κ3) is 7.93. The summed E-state index contributed by atoms with van der Waals surface area (Å²) in [6, 6.07) is 0. The highest BCUT2D eigenvalue weighted by Crippen LogP contribution is 2.41. The van der Waals surface area contributed by atoms with Crippen molar-refractivity contribution in [2.75, 3.05) is 0 Å². The molecular weight excluding hydrogens is 570 g/mol. The Balaban J connectivity index is 1.81.